The molecule has 0 fully saturated rings. The number of ether oxygens (including phenoxy) is 1. The van der Waals surface area contributed by atoms with Crippen molar-refractivity contribution in [3.63, 3.8) is 0 Å². The van der Waals surface area contributed by atoms with Crippen LogP contribution >= 0.6 is 0 Å². The van der Waals surface area contributed by atoms with E-state index in [1.54, 1.807) is 0 Å². The minimum absolute atomic E-state index is 0.0349. The van der Waals surface area contributed by atoms with Crippen LogP contribution in [-0.4, -0.2) is 33.6 Å². The van der Waals surface area contributed by atoms with E-state index in [2.05, 4.69) is 5.32 Å². The number of sulfonamides is 1. The minimum atomic E-state index is -4.09. The highest BCUT2D eigenvalue weighted by Crippen LogP contribution is 2.19. The van der Waals surface area contributed by atoms with Gasteiger partial charge in [0.05, 0.1) is 17.6 Å². The lowest BCUT2D eigenvalue weighted by Gasteiger charge is -2.10. The lowest BCUT2D eigenvalue weighted by molar-refractivity contribution is 0.0746. The van der Waals surface area contributed by atoms with Crippen LogP contribution in [0.25, 0.3) is 0 Å². The Hall–Kier alpha value is -1.51. The molecular weight excluding hydrogens is 299 g/mol. The van der Waals surface area contributed by atoms with Gasteiger partial charge in [-0.15, -0.1) is 0 Å². The van der Waals surface area contributed by atoms with Crippen LogP contribution in [-0.2, 0) is 14.8 Å². The number of nitrogens with two attached hydrogens (primary N) is 1. The van der Waals surface area contributed by atoms with Gasteiger partial charge in [-0.1, -0.05) is 0 Å². The second-order valence-corrected chi connectivity index (χ2v) is 6.33. The number of carbonyl (C=O) groups is 1. The van der Waals surface area contributed by atoms with Gasteiger partial charge in [-0.25, -0.2) is 17.9 Å². The monoisotopic (exact) mass is 318 g/mol. The summed E-state index contributed by atoms with van der Waals surface area (Å²) in [5.41, 5.74) is -0.219. The van der Waals surface area contributed by atoms with Gasteiger partial charge in [0, 0.05) is 17.7 Å². The molecule has 1 amide bonds. The summed E-state index contributed by atoms with van der Waals surface area (Å²) in [5.74, 6) is -1.39. The Morgan fingerprint density at radius 2 is 2.05 bits per heavy atom. The summed E-state index contributed by atoms with van der Waals surface area (Å²) in [6.07, 6.45) is 0.0349. The second-order valence-electron chi connectivity index (χ2n) is 4.80. The highest BCUT2D eigenvalue weighted by molar-refractivity contribution is 7.89. The first-order valence-electron chi connectivity index (χ1n) is 6.35. The quantitative estimate of drug-likeness (QED) is 0.762. The first-order chi connectivity index (χ1) is 9.62. The fourth-order valence-electron chi connectivity index (χ4n) is 1.64. The summed E-state index contributed by atoms with van der Waals surface area (Å²) >= 11 is 0. The molecule has 1 aromatic carbocycles. The van der Waals surface area contributed by atoms with E-state index in [9.17, 15) is 17.6 Å². The van der Waals surface area contributed by atoms with E-state index < -0.39 is 26.6 Å². The molecule has 0 spiro atoms. The van der Waals surface area contributed by atoms with Crippen LogP contribution in [0.15, 0.2) is 17.0 Å². The maximum Gasteiger partial charge on any atom is 0.251 e. The van der Waals surface area contributed by atoms with Gasteiger partial charge in [0.15, 0.2) is 0 Å². The highest BCUT2D eigenvalue weighted by atomic mass is 32.2. The van der Waals surface area contributed by atoms with Gasteiger partial charge < -0.3 is 10.1 Å². The third kappa shape index (κ3) is 5.07. The summed E-state index contributed by atoms with van der Waals surface area (Å²) in [7, 11) is -4.09. The number of carbonyl (C=O) groups excluding carboxylic acids is 1. The molecule has 1 aromatic rings. The van der Waals surface area contributed by atoms with Crippen molar-refractivity contribution in [1.82, 2.24) is 5.32 Å². The van der Waals surface area contributed by atoms with Gasteiger partial charge in [0.2, 0.25) is 10.0 Å². The summed E-state index contributed by atoms with van der Waals surface area (Å²) in [4.78, 5) is 11.5. The van der Waals surface area contributed by atoms with Gasteiger partial charge in [-0.05, 0) is 32.9 Å². The van der Waals surface area contributed by atoms with Crippen molar-refractivity contribution in [2.45, 2.75) is 31.8 Å². The van der Waals surface area contributed by atoms with Crippen LogP contribution < -0.4 is 10.5 Å². The Morgan fingerprint density at radius 3 is 2.57 bits per heavy atom. The molecule has 0 atom stereocenters. The number of rotatable bonds is 6. The van der Waals surface area contributed by atoms with Crippen molar-refractivity contribution in [3.05, 3.63) is 29.1 Å². The van der Waals surface area contributed by atoms with Gasteiger partial charge in [0.1, 0.15) is 5.82 Å². The Kier molecular flexibility index (Phi) is 5.82. The molecule has 0 saturated heterocycles. The van der Waals surface area contributed by atoms with Crippen molar-refractivity contribution in [1.29, 1.82) is 0 Å². The SMILES string of the molecule is Cc1c(F)cc(C(=O)NCCOC(C)C)cc1S(N)(=O)=O. The van der Waals surface area contributed by atoms with Crippen LogP contribution in [0.3, 0.4) is 0 Å². The Bertz CT molecular complexity index is 629. The molecule has 8 heteroatoms. The molecule has 0 aromatic heterocycles. The number of amides is 1. The van der Waals surface area contributed by atoms with Crippen LogP contribution in [0.4, 0.5) is 4.39 Å². The van der Waals surface area contributed by atoms with Crippen molar-refractivity contribution < 1.29 is 22.3 Å². The van der Waals surface area contributed by atoms with E-state index in [-0.39, 0.29) is 23.8 Å². The third-order valence-electron chi connectivity index (χ3n) is 2.70. The van der Waals surface area contributed by atoms with E-state index in [0.717, 1.165) is 12.1 Å². The van der Waals surface area contributed by atoms with E-state index in [4.69, 9.17) is 9.88 Å². The second kappa shape index (κ2) is 6.97. The maximum atomic E-state index is 13.7. The highest BCUT2D eigenvalue weighted by Gasteiger charge is 2.18. The average Bonchev–Trinajstić information content (AvgIpc) is 2.35. The molecule has 0 aliphatic heterocycles. The average molecular weight is 318 g/mol. The zero-order valence-corrected chi connectivity index (χ0v) is 13.0. The number of halogens is 1. The van der Waals surface area contributed by atoms with Crippen molar-refractivity contribution >= 4 is 15.9 Å². The fraction of sp³-hybridized carbons (Fsp3) is 0.462. The Labute approximate surface area is 123 Å². The van der Waals surface area contributed by atoms with Crippen LogP contribution in [0, 0.1) is 12.7 Å². The standard InChI is InChI=1S/C13H19FN2O4S/c1-8(2)20-5-4-16-13(17)10-6-11(14)9(3)12(7-10)21(15,18)19/h6-8H,4-5H2,1-3H3,(H,16,17)(H2,15,18,19). The first kappa shape index (κ1) is 17.5. The normalized spacial score (nSPS) is 11.7. The van der Waals surface area contributed by atoms with Crippen LogP contribution in [0.2, 0.25) is 0 Å². The number of hydrogen-bond acceptors (Lipinski definition) is 4. The zero-order chi connectivity index (χ0) is 16.2. The van der Waals surface area contributed by atoms with Crippen molar-refractivity contribution in [2.24, 2.45) is 5.14 Å². The Balaban J connectivity index is 2.89. The number of hydrogen-bond donors (Lipinski definition) is 2. The zero-order valence-electron chi connectivity index (χ0n) is 12.1. The van der Waals surface area contributed by atoms with E-state index in [1.165, 1.54) is 6.92 Å². The largest absolute Gasteiger partial charge is 0.377 e. The predicted molar refractivity (Wildman–Crippen MR) is 75.9 cm³/mol. The number of primary sulfonamides is 1. The molecule has 6 nitrogen and oxygen atoms in total. The van der Waals surface area contributed by atoms with Gasteiger partial charge >= 0.3 is 0 Å². The molecule has 1 rings (SSSR count). The molecule has 3 N–H and O–H groups in total. The van der Waals surface area contributed by atoms with Crippen molar-refractivity contribution in [3.8, 4) is 0 Å². The molecule has 118 valence electrons. The van der Waals surface area contributed by atoms with E-state index in [0.29, 0.717) is 6.61 Å². The molecule has 0 aliphatic rings. The first-order valence-corrected chi connectivity index (χ1v) is 7.90. The predicted octanol–water partition coefficient (Wildman–Crippen LogP) is 0.936. The summed E-state index contributed by atoms with van der Waals surface area (Å²) in [6.45, 7) is 5.54. The summed E-state index contributed by atoms with van der Waals surface area (Å²) < 4.78 is 41.7. The number of nitrogens with one attached hydrogen (secondary N) is 1. The number of benzene rings is 1. The summed E-state index contributed by atoms with van der Waals surface area (Å²) in [5, 5.41) is 7.52. The third-order valence-corrected chi connectivity index (χ3v) is 3.74. The van der Waals surface area contributed by atoms with Gasteiger partial charge in [-0.3, -0.25) is 4.79 Å². The fourth-order valence-corrected chi connectivity index (χ4v) is 2.46. The van der Waals surface area contributed by atoms with Crippen LogP contribution in [0.1, 0.15) is 29.8 Å². The smallest absolute Gasteiger partial charge is 0.251 e. The maximum absolute atomic E-state index is 13.7. The summed E-state index contributed by atoms with van der Waals surface area (Å²) in [6, 6.07) is 2.04. The minimum Gasteiger partial charge on any atom is -0.377 e. The van der Waals surface area contributed by atoms with Gasteiger partial charge in [0.25, 0.3) is 5.91 Å². The lowest BCUT2D eigenvalue weighted by atomic mass is 10.1. The van der Waals surface area contributed by atoms with E-state index in [1.807, 2.05) is 13.8 Å². The topological polar surface area (TPSA) is 98.5 Å². The van der Waals surface area contributed by atoms with Crippen LogP contribution in [0.5, 0.6) is 0 Å². The van der Waals surface area contributed by atoms with Gasteiger partial charge in [-0.2, -0.15) is 0 Å². The lowest BCUT2D eigenvalue weighted by Crippen LogP contribution is -2.28. The van der Waals surface area contributed by atoms with E-state index >= 15 is 0 Å². The molecule has 0 saturated carbocycles. The van der Waals surface area contributed by atoms with Crippen molar-refractivity contribution in [2.75, 3.05) is 13.2 Å². The Morgan fingerprint density at radius 1 is 1.43 bits per heavy atom. The molecule has 0 heterocycles. The molecule has 0 unspecified atom stereocenters. The molecule has 0 bridgehead atoms. The molecular formula is C13H19FN2O4S. The molecule has 0 radical (unpaired) electrons. The molecule has 0 aliphatic carbocycles. The molecule has 21 heavy (non-hydrogen) atoms.